The predicted octanol–water partition coefficient (Wildman–Crippen LogP) is 1.51. The van der Waals surface area contributed by atoms with Gasteiger partial charge in [-0.15, -0.1) is 0 Å². The molecule has 0 bridgehead atoms. The average Bonchev–Trinajstić information content (AvgIpc) is 2.64. The molecule has 2 amide bonds. The molecule has 0 radical (unpaired) electrons. The molecule has 144 valence electrons. The highest BCUT2D eigenvalue weighted by atomic mass is 35.5. The largest absolute Gasteiger partial charge is 0.354 e. The third-order valence-electron chi connectivity index (χ3n) is 4.51. The Kier molecular flexibility index (Phi) is 8.35. The van der Waals surface area contributed by atoms with Crippen LogP contribution in [0.15, 0.2) is 24.3 Å². The highest BCUT2D eigenvalue weighted by molar-refractivity contribution is 6.33. The van der Waals surface area contributed by atoms with Crippen LogP contribution < -0.4 is 16.0 Å². The van der Waals surface area contributed by atoms with E-state index in [2.05, 4.69) is 20.9 Å². The summed E-state index contributed by atoms with van der Waals surface area (Å²) >= 11 is 6.07. The van der Waals surface area contributed by atoms with Gasteiger partial charge in [0, 0.05) is 32.7 Å². The number of amides is 2. The van der Waals surface area contributed by atoms with Gasteiger partial charge < -0.3 is 20.9 Å². The Labute approximate surface area is 160 Å². The maximum atomic E-state index is 12.5. The lowest BCUT2D eigenvalue weighted by Gasteiger charge is -2.27. The molecule has 1 saturated heterocycles. The maximum absolute atomic E-state index is 12.5. The monoisotopic (exact) mass is 380 g/mol. The van der Waals surface area contributed by atoms with E-state index in [0.29, 0.717) is 17.1 Å². The van der Waals surface area contributed by atoms with Crippen molar-refractivity contribution in [1.29, 1.82) is 0 Å². The van der Waals surface area contributed by atoms with Crippen molar-refractivity contribution in [3.63, 3.8) is 0 Å². The van der Waals surface area contributed by atoms with E-state index in [0.717, 1.165) is 39.1 Å². The summed E-state index contributed by atoms with van der Waals surface area (Å²) in [6, 6.07) is 6.25. The second-order valence-electron chi connectivity index (χ2n) is 6.91. The molecule has 6 nitrogen and oxygen atoms in total. The van der Waals surface area contributed by atoms with E-state index in [1.165, 1.54) is 0 Å². The van der Waals surface area contributed by atoms with Gasteiger partial charge in [0.25, 0.3) is 5.91 Å². The van der Waals surface area contributed by atoms with Crippen molar-refractivity contribution in [2.24, 2.45) is 5.92 Å². The zero-order valence-corrected chi connectivity index (χ0v) is 16.3. The number of rotatable bonds is 8. The van der Waals surface area contributed by atoms with E-state index >= 15 is 0 Å². The zero-order valence-electron chi connectivity index (χ0n) is 15.6. The van der Waals surface area contributed by atoms with E-state index < -0.39 is 6.04 Å². The van der Waals surface area contributed by atoms with Gasteiger partial charge in [-0.1, -0.05) is 37.6 Å². The molecule has 1 aromatic rings. The van der Waals surface area contributed by atoms with E-state index in [-0.39, 0.29) is 17.7 Å². The predicted molar refractivity (Wildman–Crippen MR) is 104 cm³/mol. The minimum Gasteiger partial charge on any atom is -0.354 e. The molecule has 1 unspecified atom stereocenters. The summed E-state index contributed by atoms with van der Waals surface area (Å²) in [5.74, 6) is -0.499. The molecule has 0 saturated carbocycles. The summed E-state index contributed by atoms with van der Waals surface area (Å²) in [6.45, 7) is 9.56. The zero-order chi connectivity index (χ0) is 18.9. The number of nitrogens with zero attached hydrogens (tertiary/aromatic N) is 1. The third kappa shape index (κ3) is 6.27. The van der Waals surface area contributed by atoms with Crippen LogP contribution in [0.25, 0.3) is 0 Å². The van der Waals surface area contributed by atoms with Crippen LogP contribution in [0, 0.1) is 5.92 Å². The highest BCUT2D eigenvalue weighted by Gasteiger charge is 2.25. The van der Waals surface area contributed by atoms with E-state index in [1.807, 2.05) is 13.8 Å². The first-order chi connectivity index (χ1) is 12.5. The Hall–Kier alpha value is -1.63. The molecule has 1 aliphatic rings. The van der Waals surface area contributed by atoms with Crippen molar-refractivity contribution >= 4 is 23.4 Å². The van der Waals surface area contributed by atoms with Crippen molar-refractivity contribution in [2.45, 2.75) is 26.3 Å². The summed E-state index contributed by atoms with van der Waals surface area (Å²) < 4.78 is 0. The normalized spacial score (nSPS) is 16.3. The lowest BCUT2D eigenvalue weighted by atomic mass is 10.0. The first-order valence-corrected chi connectivity index (χ1v) is 9.63. The van der Waals surface area contributed by atoms with Gasteiger partial charge in [-0.3, -0.25) is 9.59 Å². The number of halogens is 1. The van der Waals surface area contributed by atoms with Crippen molar-refractivity contribution in [1.82, 2.24) is 20.9 Å². The smallest absolute Gasteiger partial charge is 0.253 e. The first-order valence-electron chi connectivity index (χ1n) is 9.25. The molecule has 1 aliphatic heterocycles. The lowest BCUT2D eigenvalue weighted by Crippen LogP contribution is -2.50. The number of hydrogen-bond donors (Lipinski definition) is 3. The summed E-state index contributed by atoms with van der Waals surface area (Å²) in [4.78, 5) is 27.3. The molecule has 0 aromatic heterocycles. The standard InChI is InChI=1S/C19H29ClN4O2/c1-14(2)17(23-18(25)15-6-3-4-7-16(15)20)19(26)22-8-5-11-24-12-9-21-10-13-24/h3-4,6-7,14,17,21H,5,8-13H2,1-2H3,(H,22,26)(H,23,25). The molecule has 1 atom stereocenters. The van der Waals surface area contributed by atoms with Gasteiger partial charge in [0.05, 0.1) is 10.6 Å². The van der Waals surface area contributed by atoms with Crippen LogP contribution in [0.5, 0.6) is 0 Å². The average molecular weight is 381 g/mol. The Bertz CT molecular complexity index is 603. The molecular weight excluding hydrogens is 352 g/mol. The van der Waals surface area contributed by atoms with Gasteiger partial charge in [-0.05, 0) is 31.0 Å². The van der Waals surface area contributed by atoms with Crippen molar-refractivity contribution < 1.29 is 9.59 Å². The van der Waals surface area contributed by atoms with Gasteiger partial charge in [0.1, 0.15) is 6.04 Å². The minimum atomic E-state index is -0.585. The van der Waals surface area contributed by atoms with Crippen LogP contribution in [0.3, 0.4) is 0 Å². The number of carbonyl (C=O) groups is 2. The van der Waals surface area contributed by atoms with Gasteiger partial charge in [0.15, 0.2) is 0 Å². The van der Waals surface area contributed by atoms with Gasteiger partial charge in [-0.25, -0.2) is 0 Å². The summed E-state index contributed by atoms with van der Waals surface area (Å²) in [5, 5.41) is 9.46. The van der Waals surface area contributed by atoms with Crippen molar-refractivity contribution in [3.05, 3.63) is 34.9 Å². The second-order valence-corrected chi connectivity index (χ2v) is 7.32. The SMILES string of the molecule is CC(C)C(NC(=O)c1ccccc1Cl)C(=O)NCCCN1CCNCC1. The Morgan fingerprint density at radius 3 is 2.58 bits per heavy atom. The summed E-state index contributed by atoms with van der Waals surface area (Å²) in [7, 11) is 0. The molecule has 1 fully saturated rings. The first kappa shape index (κ1) is 20.7. The molecule has 2 rings (SSSR count). The van der Waals surface area contributed by atoms with Gasteiger partial charge in [-0.2, -0.15) is 0 Å². The Morgan fingerprint density at radius 1 is 1.23 bits per heavy atom. The maximum Gasteiger partial charge on any atom is 0.253 e. The summed E-state index contributed by atoms with van der Waals surface area (Å²) in [6.07, 6.45) is 0.898. The molecule has 0 spiro atoms. The Balaban J connectivity index is 1.81. The molecular formula is C19H29ClN4O2. The van der Waals surface area contributed by atoms with Crippen LogP contribution in [-0.2, 0) is 4.79 Å². The van der Waals surface area contributed by atoms with Gasteiger partial charge in [0.2, 0.25) is 5.91 Å². The van der Waals surface area contributed by atoms with Crippen molar-refractivity contribution in [2.75, 3.05) is 39.3 Å². The van der Waals surface area contributed by atoms with E-state index in [9.17, 15) is 9.59 Å². The molecule has 1 heterocycles. The number of carbonyl (C=O) groups excluding carboxylic acids is 2. The van der Waals surface area contributed by atoms with E-state index in [4.69, 9.17) is 11.6 Å². The number of hydrogen-bond acceptors (Lipinski definition) is 4. The fraction of sp³-hybridized carbons (Fsp3) is 0.579. The number of benzene rings is 1. The van der Waals surface area contributed by atoms with Crippen LogP contribution in [0.4, 0.5) is 0 Å². The molecule has 0 aliphatic carbocycles. The highest BCUT2D eigenvalue weighted by Crippen LogP contribution is 2.15. The van der Waals surface area contributed by atoms with E-state index in [1.54, 1.807) is 24.3 Å². The topological polar surface area (TPSA) is 73.5 Å². The third-order valence-corrected chi connectivity index (χ3v) is 4.84. The van der Waals surface area contributed by atoms with Crippen LogP contribution in [0.1, 0.15) is 30.6 Å². The van der Waals surface area contributed by atoms with Gasteiger partial charge >= 0.3 is 0 Å². The molecule has 3 N–H and O–H groups in total. The van der Waals surface area contributed by atoms with Crippen LogP contribution >= 0.6 is 11.6 Å². The quantitative estimate of drug-likeness (QED) is 0.598. The minimum absolute atomic E-state index is 0.0189. The van der Waals surface area contributed by atoms with Crippen LogP contribution in [0.2, 0.25) is 5.02 Å². The molecule has 1 aromatic carbocycles. The fourth-order valence-corrected chi connectivity index (χ4v) is 3.18. The number of piperazine rings is 1. The fourth-order valence-electron chi connectivity index (χ4n) is 2.96. The second kappa shape index (κ2) is 10.5. The van der Waals surface area contributed by atoms with Crippen LogP contribution in [-0.4, -0.2) is 62.0 Å². The van der Waals surface area contributed by atoms with Crippen molar-refractivity contribution in [3.8, 4) is 0 Å². The molecule has 7 heteroatoms. The summed E-state index contributed by atoms with van der Waals surface area (Å²) in [5.41, 5.74) is 0.381. The Morgan fingerprint density at radius 2 is 1.92 bits per heavy atom. The lowest BCUT2D eigenvalue weighted by molar-refractivity contribution is -0.123. The number of nitrogens with one attached hydrogen (secondary N) is 3. The molecule has 26 heavy (non-hydrogen) atoms.